The standard InChI is InChI=1S/C18H23N3/c1-20-10-12-21(13-11-20)18-9-5-8-17(14-18)19-15-16-6-3-2-4-7-16/h2-9,14,19H,10-13,15H2,1H3. The van der Waals surface area contributed by atoms with Crippen LogP contribution >= 0.6 is 0 Å². The molecular weight excluding hydrogens is 258 g/mol. The highest BCUT2D eigenvalue weighted by Gasteiger charge is 2.14. The van der Waals surface area contributed by atoms with Gasteiger partial charge < -0.3 is 15.1 Å². The third-order valence-electron chi connectivity index (χ3n) is 4.05. The summed E-state index contributed by atoms with van der Waals surface area (Å²) in [7, 11) is 2.19. The lowest BCUT2D eigenvalue weighted by atomic mass is 10.2. The fourth-order valence-electron chi connectivity index (χ4n) is 2.68. The van der Waals surface area contributed by atoms with E-state index in [1.165, 1.54) is 16.9 Å². The number of nitrogens with one attached hydrogen (secondary N) is 1. The molecular formula is C18H23N3. The molecule has 1 heterocycles. The molecule has 0 unspecified atom stereocenters. The first-order chi connectivity index (χ1) is 10.3. The molecule has 1 aliphatic rings. The molecule has 2 aromatic carbocycles. The van der Waals surface area contributed by atoms with Crippen molar-refractivity contribution in [3.05, 3.63) is 60.2 Å². The zero-order valence-corrected chi connectivity index (χ0v) is 12.6. The van der Waals surface area contributed by atoms with E-state index in [0.29, 0.717) is 0 Å². The maximum absolute atomic E-state index is 3.51. The average Bonchev–Trinajstić information content (AvgIpc) is 2.55. The highest BCUT2D eigenvalue weighted by Crippen LogP contribution is 2.21. The SMILES string of the molecule is CN1CCN(c2cccc(NCc3ccccc3)c2)CC1. The van der Waals surface area contributed by atoms with Crippen LogP contribution in [-0.4, -0.2) is 38.1 Å². The number of piperazine rings is 1. The van der Waals surface area contributed by atoms with Crippen LogP contribution in [0.3, 0.4) is 0 Å². The van der Waals surface area contributed by atoms with Gasteiger partial charge in [0.1, 0.15) is 0 Å². The van der Waals surface area contributed by atoms with Gasteiger partial charge in [-0.15, -0.1) is 0 Å². The first kappa shape index (κ1) is 14.0. The molecule has 3 nitrogen and oxygen atoms in total. The molecule has 1 fully saturated rings. The van der Waals surface area contributed by atoms with Crippen LogP contribution < -0.4 is 10.2 Å². The van der Waals surface area contributed by atoms with E-state index in [4.69, 9.17) is 0 Å². The molecule has 2 aromatic rings. The number of anilines is 2. The third kappa shape index (κ3) is 3.76. The van der Waals surface area contributed by atoms with E-state index >= 15 is 0 Å². The summed E-state index contributed by atoms with van der Waals surface area (Å²) in [5.74, 6) is 0. The van der Waals surface area contributed by atoms with Crippen LogP contribution in [0.5, 0.6) is 0 Å². The number of rotatable bonds is 4. The minimum absolute atomic E-state index is 0.868. The van der Waals surface area contributed by atoms with Crippen molar-refractivity contribution in [1.29, 1.82) is 0 Å². The fourth-order valence-corrected chi connectivity index (χ4v) is 2.68. The first-order valence-electron chi connectivity index (χ1n) is 7.62. The van der Waals surface area contributed by atoms with Crippen molar-refractivity contribution in [2.24, 2.45) is 0 Å². The maximum Gasteiger partial charge on any atom is 0.0400 e. The predicted molar refractivity (Wildman–Crippen MR) is 89.9 cm³/mol. The van der Waals surface area contributed by atoms with Crippen LogP contribution in [0.25, 0.3) is 0 Å². The van der Waals surface area contributed by atoms with Gasteiger partial charge in [-0.3, -0.25) is 0 Å². The Balaban J connectivity index is 1.63. The van der Waals surface area contributed by atoms with Gasteiger partial charge in [0.05, 0.1) is 0 Å². The molecule has 0 spiro atoms. The topological polar surface area (TPSA) is 18.5 Å². The van der Waals surface area contributed by atoms with Gasteiger partial charge in [-0.1, -0.05) is 36.4 Å². The second-order valence-electron chi connectivity index (χ2n) is 5.68. The monoisotopic (exact) mass is 281 g/mol. The van der Waals surface area contributed by atoms with Gasteiger partial charge in [-0.2, -0.15) is 0 Å². The summed E-state index contributed by atoms with van der Waals surface area (Å²) in [5, 5.41) is 3.51. The Labute approximate surface area is 127 Å². The van der Waals surface area contributed by atoms with Gasteiger partial charge >= 0.3 is 0 Å². The number of hydrogen-bond acceptors (Lipinski definition) is 3. The van der Waals surface area contributed by atoms with E-state index < -0.39 is 0 Å². The first-order valence-corrected chi connectivity index (χ1v) is 7.62. The second kappa shape index (κ2) is 6.64. The van der Waals surface area contributed by atoms with Crippen molar-refractivity contribution >= 4 is 11.4 Å². The highest BCUT2D eigenvalue weighted by atomic mass is 15.2. The summed E-state index contributed by atoms with van der Waals surface area (Å²) in [6, 6.07) is 19.3. The minimum atomic E-state index is 0.868. The van der Waals surface area contributed by atoms with Gasteiger partial charge in [-0.05, 0) is 30.8 Å². The van der Waals surface area contributed by atoms with Crippen molar-refractivity contribution < 1.29 is 0 Å². The molecule has 1 N–H and O–H groups in total. The molecule has 1 saturated heterocycles. The summed E-state index contributed by atoms with van der Waals surface area (Å²) in [6.45, 7) is 5.37. The quantitative estimate of drug-likeness (QED) is 0.929. The van der Waals surface area contributed by atoms with Crippen LogP contribution in [0.2, 0.25) is 0 Å². The van der Waals surface area contributed by atoms with E-state index in [-0.39, 0.29) is 0 Å². The molecule has 3 rings (SSSR count). The Kier molecular flexibility index (Phi) is 4.41. The maximum atomic E-state index is 3.51. The van der Waals surface area contributed by atoms with Crippen molar-refractivity contribution in [2.75, 3.05) is 43.4 Å². The average molecular weight is 281 g/mol. The lowest BCUT2D eigenvalue weighted by Crippen LogP contribution is -2.44. The van der Waals surface area contributed by atoms with Crippen LogP contribution in [0.1, 0.15) is 5.56 Å². The number of likely N-dealkylation sites (N-methyl/N-ethyl adjacent to an activating group) is 1. The zero-order valence-electron chi connectivity index (χ0n) is 12.6. The summed E-state index contributed by atoms with van der Waals surface area (Å²) in [4.78, 5) is 4.85. The zero-order chi connectivity index (χ0) is 14.5. The Morgan fingerprint density at radius 1 is 0.905 bits per heavy atom. The van der Waals surface area contributed by atoms with Gasteiger partial charge in [-0.25, -0.2) is 0 Å². The molecule has 0 aliphatic carbocycles. The normalized spacial score (nSPS) is 16.0. The molecule has 0 amide bonds. The van der Waals surface area contributed by atoms with Crippen LogP contribution in [0.15, 0.2) is 54.6 Å². The molecule has 3 heteroatoms. The molecule has 0 bridgehead atoms. The van der Waals surface area contributed by atoms with Crippen LogP contribution in [0, 0.1) is 0 Å². The van der Waals surface area contributed by atoms with E-state index in [0.717, 1.165) is 32.7 Å². The summed E-state index contributed by atoms with van der Waals surface area (Å²) >= 11 is 0. The fraction of sp³-hybridized carbons (Fsp3) is 0.333. The summed E-state index contributed by atoms with van der Waals surface area (Å²) < 4.78 is 0. The van der Waals surface area contributed by atoms with Gasteiger partial charge in [0.25, 0.3) is 0 Å². The van der Waals surface area contributed by atoms with Crippen LogP contribution in [-0.2, 0) is 6.54 Å². The van der Waals surface area contributed by atoms with E-state index in [1.54, 1.807) is 0 Å². The smallest absolute Gasteiger partial charge is 0.0400 e. The number of nitrogens with zero attached hydrogens (tertiary/aromatic N) is 2. The summed E-state index contributed by atoms with van der Waals surface area (Å²) in [6.07, 6.45) is 0. The van der Waals surface area contributed by atoms with Crippen LogP contribution in [0.4, 0.5) is 11.4 Å². The Bertz CT molecular complexity index is 560. The second-order valence-corrected chi connectivity index (χ2v) is 5.68. The minimum Gasteiger partial charge on any atom is -0.381 e. The van der Waals surface area contributed by atoms with E-state index in [2.05, 4.69) is 76.8 Å². The van der Waals surface area contributed by atoms with Crippen molar-refractivity contribution in [3.63, 3.8) is 0 Å². The summed E-state index contributed by atoms with van der Waals surface area (Å²) in [5.41, 5.74) is 3.82. The van der Waals surface area contributed by atoms with E-state index in [9.17, 15) is 0 Å². The molecule has 110 valence electrons. The van der Waals surface area contributed by atoms with E-state index in [1.807, 2.05) is 0 Å². The lowest BCUT2D eigenvalue weighted by molar-refractivity contribution is 0.313. The van der Waals surface area contributed by atoms with Crippen molar-refractivity contribution in [3.8, 4) is 0 Å². The lowest BCUT2D eigenvalue weighted by Gasteiger charge is -2.34. The molecule has 0 radical (unpaired) electrons. The Hall–Kier alpha value is -2.00. The Morgan fingerprint density at radius 2 is 1.67 bits per heavy atom. The predicted octanol–water partition coefficient (Wildman–Crippen LogP) is 3.05. The molecule has 0 aromatic heterocycles. The molecule has 0 atom stereocenters. The third-order valence-corrected chi connectivity index (χ3v) is 4.05. The largest absolute Gasteiger partial charge is 0.381 e. The van der Waals surface area contributed by atoms with Gasteiger partial charge in [0, 0.05) is 44.1 Å². The highest BCUT2D eigenvalue weighted by molar-refractivity contribution is 5.58. The van der Waals surface area contributed by atoms with Crippen molar-refractivity contribution in [2.45, 2.75) is 6.54 Å². The number of hydrogen-bond donors (Lipinski definition) is 1. The molecule has 1 aliphatic heterocycles. The van der Waals surface area contributed by atoms with Gasteiger partial charge in [0.15, 0.2) is 0 Å². The Morgan fingerprint density at radius 3 is 2.43 bits per heavy atom. The molecule has 0 saturated carbocycles. The molecule has 21 heavy (non-hydrogen) atoms. The van der Waals surface area contributed by atoms with Crippen molar-refractivity contribution in [1.82, 2.24) is 4.90 Å². The van der Waals surface area contributed by atoms with Gasteiger partial charge in [0.2, 0.25) is 0 Å². The number of benzene rings is 2.